The maximum atomic E-state index is 8.91. The van der Waals surface area contributed by atoms with Crippen molar-refractivity contribution in [2.75, 3.05) is 6.61 Å². The standard InChI is InChI=1S/C15H22O2/c1-3-7-15(13(2)10-11-16)17-12-14-8-5-4-6-9-14/h4-6,8-10,15-16H,3,7,11-12H2,1-2H3/b13-10+. The first kappa shape index (κ1) is 13.9. The third kappa shape index (κ3) is 5.16. The summed E-state index contributed by atoms with van der Waals surface area (Å²) in [6, 6.07) is 10.2. The summed E-state index contributed by atoms with van der Waals surface area (Å²) in [7, 11) is 0. The lowest BCUT2D eigenvalue weighted by atomic mass is 10.1. The number of hydrogen-bond donors (Lipinski definition) is 1. The Kier molecular flexibility index (Phi) is 6.60. The van der Waals surface area contributed by atoms with Crippen LogP contribution in [0.5, 0.6) is 0 Å². The molecule has 1 aromatic carbocycles. The van der Waals surface area contributed by atoms with Gasteiger partial charge in [0, 0.05) is 0 Å². The van der Waals surface area contributed by atoms with E-state index in [1.54, 1.807) is 0 Å². The Labute approximate surface area is 104 Å². The highest BCUT2D eigenvalue weighted by molar-refractivity contribution is 5.14. The molecule has 1 atom stereocenters. The predicted octanol–water partition coefficient (Wildman–Crippen LogP) is 3.31. The van der Waals surface area contributed by atoms with Crippen LogP contribution in [0, 0.1) is 0 Å². The summed E-state index contributed by atoms with van der Waals surface area (Å²) in [5.41, 5.74) is 2.30. The van der Waals surface area contributed by atoms with Gasteiger partial charge in [0.1, 0.15) is 0 Å². The minimum atomic E-state index is 0.0841. The maximum Gasteiger partial charge on any atom is 0.0787 e. The molecule has 0 amide bonds. The Balaban J connectivity index is 2.53. The quantitative estimate of drug-likeness (QED) is 0.733. The van der Waals surface area contributed by atoms with Crippen LogP contribution in [0.15, 0.2) is 42.0 Å². The molecule has 94 valence electrons. The van der Waals surface area contributed by atoms with E-state index in [2.05, 4.69) is 19.1 Å². The molecule has 0 spiro atoms. The molecule has 0 bridgehead atoms. The largest absolute Gasteiger partial charge is 0.392 e. The molecule has 0 aliphatic rings. The predicted molar refractivity (Wildman–Crippen MR) is 70.8 cm³/mol. The zero-order valence-electron chi connectivity index (χ0n) is 10.7. The molecule has 0 heterocycles. The van der Waals surface area contributed by atoms with Crippen molar-refractivity contribution in [1.29, 1.82) is 0 Å². The first-order valence-electron chi connectivity index (χ1n) is 6.21. The van der Waals surface area contributed by atoms with Crippen LogP contribution >= 0.6 is 0 Å². The molecule has 0 saturated heterocycles. The van der Waals surface area contributed by atoms with Gasteiger partial charge in [0.05, 0.1) is 19.3 Å². The number of rotatable bonds is 7. The zero-order chi connectivity index (χ0) is 12.5. The van der Waals surface area contributed by atoms with Gasteiger partial charge in [-0.1, -0.05) is 49.8 Å². The second-order valence-corrected chi connectivity index (χ2v) is 4.20. The molecule has 1 N–H and O–H groups in total. The van der Waals surface area contributed by atoms with Crippen molar-refractivity contribution in [2.24, 2.45) is 0 Å². The number of aliphatic hydroxyl groups is 1. The summed E-state index contributed by atoms with van der Waals surface area (Å²) in [6.45, 7) is 4.87. The topological polar surface area (TPSA) is 29.5 Å². The van der Waals surface area contributed by atoms with Gasteiger partial charge in [0.15, 0.2) is 0 Å². The van der Waals surface area contributed by atoms with Gasteiger partial charge in [-0.3, -0.25) is 0 Å². The molecule has 2 nitrogen and oxygen atoms in total. The van der Waals surface area contributed by atoms with E-state index < -0.39 is 0 Å². The number of ether oxygens (including phenoxy) is 1. The summed E-state index contributed by atoms with van der Waals surface area (Å²) in [4.78, 5) is 0. The van der Waals surface area contributed by atoms with Crippen LogP contribution in [0.3, 0.4) is 0 Å². The Morgan fingerprint density at radius 3 is 2.65 bits per heavy atom. The molecular weight excluding hydrogens is 212 g/mol. The lowest BCUT2D eigenvalue weighted by molar-refractivity contribution is 0.0579. The third-order valence-electron chi connectivity index (χ3n) is 2.77. The van der Waals surface area contributed by atoms with Gasteiger partial charge < -0.3 is 9.84 Å². The van der Waals surface area contributed by atoms with Crippen LogP contribution in [0.25, 0.3) is 0 Å². The van der Waals surface area contributed by atoms with Crippen LogP contribution in [-0.4, -0.2) is 17.8 Å². The minimum Gasteiger partial charge on any atom is -0.392 e. The lowest BCUT2D eigenvalue weighted by Crippen LogP contribution is -2.14. The highest BCUT2D eigenvalue weighted by Crippen LogP contribution is 2.15. The lowest BCUT2D eigenvalue weighted by Gasteiger charge is -2.18. The van der Waals surface area contributed by atoms with Crippen LogP contribution < -0.4 is 0 Å². The van der Waals surface area contributed by atoms with Gasteiger partial charge in [-0.05, 0) is 24.5 Å². The van der Waals surface area contributed by atoms with Crippen LogP contribution in [0.1, 0.15) is 32.3 Å². The van der Waals surface area contributed by atoms with Crippen molar-refractivity contribution in [3.05, 3.63) is 47.5 Å². The van der Waals surface area contributed by atoms with E-state index in [0.29, 0.717) is 6.61 Å². The Hall–Kier alpha value is -1.12. The van der Waals surface area contributed by atoms with Crippen molar-refractivity contribution in [3.8, 4) is 0 Å². The first-order chi connectivity index (χ1) is 8.27. The molecule has 0 radical (unpaired) electrons. The van der Waals surface area contributed by atoms with E-state index in [4.69, 9.17) is 9.84 Å². The molecule has 1 unspecified atom stereocenters. The maximum absolute atomic E-state index is 8.91. The fourth-order valence-corrected chi connectivity index (χ4v) is 1.75. The van der Waals surface area contributed by atoms with Crippen molar-refractivity contribution in [1.82, 2.24) is 0 Å². The van der Waals surface area contributed by atoms with Crippen molar-refractivity contribution < 1.29 is 9.84 Å². The van der Waals surface area contributed by atoms with Gasteiger partial charge >= 0.3 is 0 Å². The van der Waals surface area contributed by atoms with Crippen molar-refractivity contribution in [3.63, 3.8) is 0 Å². The highest BCUT2D eigenvalue weighted by atomic mass is 16.5. The second-order valence-electron chi connectivity index (χ2n) is 4.20. The summed E-state index contributed by atoms with van der Waals surface area (Å²) < 4.78 is 5.90. The van der Waals surface area contributed by atoms with E-state index in [1.807, 2.05) is 31.2 Å². The smallest absolute Gasteiger partial charge is 0.0787 e. The molecule has 0 aromatic heterocycles. The zero-order valence-corrected chi connectivity index (χ0v) is 10.7. The monoisotopic (exact) mass is 234 g/mol. The number of aliphatic hydroxyl groups excluding tert-OH is 1. The summed E-state index contributed by atoms with van der Waals surface area (Å²) in [6.07, 6.45) is 4.02. The van der Waals surface area contributed by atoms with Gasteiger partial charge in [-0.25, -0.2) is 0 Å². The minimum absolute atomic E-state index is 0.0841. The average Bonchev–Trinajstić information content (AvgIpc) is 2.36. The molecule has 1 aromatic rings. The van der Waals surface area contributed by atoms with Gasteiger partial charge in [0.25, 0.3) is 0 Å². The molecule has 0 aliphatic heterocycles. The fourth-order valence-electron chi connectivity index (χ4n) is 1.75. The van der Waals surface area contributed by atoms with E-state index in [0.717, 1.165) is 18.4 Å². The number of hydrogen-bond acceptors (Lipinski definition) is 2. The van der Waals surface area contributed by atoms with E-state index in [1.165, 1.54) is 5.56 Å². The van der Waals surface area contributed by atoms with E-state index in [-0.39, 0.29) is 12.7 Å². The first-order valence-corrected chi connectivity index (χ1v) is 6.21. The molecule has 0 aliphatic carbocycles. The van der Waals surface area contributed by atoms with Crippen LogP contribution in [-0.2, 0) is 11.3 Å². The Bertz CT molecular complexity index is 330. The Morgan fingerprint density at radius 1 is 1.35 bits per heavy atom. The molecule has 17 heavy (non-hydrogen) atoms. The SMILES string of the molecule is CCCC(OCc1ccccc1)/C(C)=C/CO. The summed E-state index contributed by atoms with van der Waals surface area (Å²) in [5.74, 6) is 0. The Morgan fingerprint density at radius 2 is 2.06 bits per heavy atom. The van der Waals surface area contributed by atoms with Gasteiger partial charge in [0.2, 0.25) is 0 Å². The van der Waals surface area contributed by atoms with Crippen LogP contribution in [0.4, 0.5) is 0 Å². The van der Waals surface area contributed by atoms with Crippen LogP contribution in [0.2, 0.25) is 0 Å². The fraction of sp³-hybridized carbons (Fsp3) is 0.467. The second kappa shape index (κ2) is 8.04. The molecular formula is C15H22O2. The highest BCUT2D eigenvalue weighted by Gasteiger charge is 2.10. The van der Waals surface area contributed by atoms with Gasteiger partial charge in [-0.15, -0.1) is 0 Å². The molecule has 0 saturated carbocycles. The van der Waals surface area contributed by atoms with Gasteiger partial charge in [-0.2, -0.15) is 0 Å². The normalized spacial score (nSPS) is 13.7. The third-order valence-corrected chi connectivity index (χ3v) is 2.77. The summed E-state index contributed by atoms with van der Waals surface area (Å²) in [5, 5.41) is 8.91. The van der Waals surface area contributed by atoms with Crippen molar-refractivity contribution in [2.45, 2.75) is 39.4 Å². The average molecular weight is 234 g/mol. The van der Waals surface area contributed by atoms with E-state index >= 15 is 0 Å². The molecule has 0 fully saturated rings. The van der Waals surface area contributed by atoms with Crippen molar-refractivity contribution >= 4 is 0 Å². The molecule has 1 rings (SSSR count). The van der Waals surface area contributed by atoms with E-state index in [9.17, 15) is 0 Å². The number of benzene rings is 1. The summed E-state index contributed by atoms with van der Waals surface area (Å²) >= 11 is 0. The molecule has 2 heteroatoms.